The van der Waals surface area contributed by atoms with Crippen molar-refractivity contribution in [2.45, 2.75) is 24.7 Å². The van der Waals surface area contributed by atoms with E-state index in [1.807, 2.05) is 0 Å². The predicted octanol–water partition coefficient (Wildman–Crippen LogP) is 1.43. The van der Waals surface area contributed by atoms with Crippen LogP contribution in [-0.2, 0) is 14.6 Å². The van der Waals surface area contributed by atoms with Crippen LogP contribution in [-0.4, -0.2) is 44.6 Å². The van der Waals surface area contributed by atoms with E-state index in [1.165, 1.54) is 12.1 Å². The van der Waals surface area contributed by atoms with E-state index in [2.05, 4.69) is 0 Å². The smallest absolute Gasteiger partial charge is 0.226 e. The van der Waals surface area contributed by atoms with Crippen molar-refractivity contribution in [1.82, 2.24) is 4.90 Å². The molecule has 1 saturated heterocycles. The number of hydrogen-bond donors (Lipinski definition) is 1. The largest absolute Gasteiger partial charge is 0.342 e. The summed E-state index contributed by atoms with van der Waals surface area (Å²) in [5.74, 6) is -1.09. The number of rotatable bonds is 5. The molecule has 0 aromatic heterocycles. The molecule has 1 aliphatic rings. The van der Waals surface area contributed by atoms with Crippen molar-refractivity contribution < 1.29 is 17.6 Å². The van der Waals surface area contributed by atoms with E-state index < -0.39 is 21.6 Å². The number of hydrogen-bond acceptors (Lipinski definition) is 4. The van der Waals surface area contributed by atoms with Crippen LogP contribution in [0.5, 0.6) is 0 Å². The number of piperidine rings is 1. The molecule has 5 nitrogen and oxygen atoms in total. The molecule has 0 bridgehead atoms. The van der Waals surface area contributed by atoms with Gasteiger partial charge in [0, 0.05) is 19.0 Å². The molecule has 1 fully saturated rings. The van der Waals surface area contributed by atoms with E-state index in [0.717, 1.165) is 25.0 Å². The number of halogens is 1. The molecule has 0 saturated carbocycles. The summed E-state index contributed by atoms with van der Waals surface area (Å²) in [5, 5.41) is 0. The Bertz CT molecular complexity index is 638. The Morgan fingerprint density at radius 3 is 2.39 bits per heavy atom. The van der Waals surface area contributed by atoms with Gasteiger partial charge in [0.25, 0.3) is 0 Å². The first-order valence-corrected chi connectivity index (χ1v) is 9.46. The van der Waals surface area contributed by atoms with E-state index in [4.69, 9.17) is 5.73 Å². The molecule has 1 aromatic rings. The molecular formula is C16H23FN2O3S. The van der Waals surface area contributed by atoms with Crippen molar-refractivity contribution in [3.8, 4) is 0 Å². The summed E-state index contributed by atoms with van der Waals surface area (Å²) in [7, 11) is -3.61. The first kappa shape index (κ1) is 17.9. The Morgan fingerprint density at radius 1 is 1.30 bits per heavy atom. The predicted molar refractivity (Wildman–Crippen MR) is 86.0 cm³/mol. The average molecular weight is 342 g/mol. The van der Waals surface area contributed by atoms with Gasteiger partial charge >= 0.3 is 0 Å². The zero-order chi connectivity index (χ0) is 17.0. The van der Waals surface area contributed by atoms with Gasteiger partial charge in [0.2, 0.25) is 5.91 Å². The molecule has 1 aromatic carbocycles. The lowest BCUT2D eigenvalue weighted by Crippen LogP contribution is -2.43. The number of benzene rings is 1. The molecule has 1 aliphatic heterocycles. The SMILES string of the molecule is CC(CS(=O)(=O)c1ccc(F)cc1)C(=O)N1CCC(CN)CC1. The summed E-state index contributed by atoms with van der Waals surface area (Å²) in [5.41, 5.74) is 5.63. The van der Waals surface area contributed by atoms with Crippen molar-refractivity contribution in [2.24, 2.45) is 17.6 Å². The van der Waals surface area contributed by atoms with E-state index in [0.29, 0.717) is 25.6 Å². The first-order valence-electron chi connectivity index (χ1n) is 7.80. The van der Waals surface area contributed by atoms with E-state index in [9.17, 15) is 17.6 Å². The quantitative estimate of drug-likeness (QED) is 0.821. The van der Waals surface area contributed by atoms with Crippen molar-refractivity contribution in [3.63, 3.8) is 0 Å². The summed E-state index contributed by atoms with van der Waals surface area (Å²) >= 11 is 0. The molecule has 0 spiro atoms. The van der Waals surface area contributed by atoms with Gasteiger partial charge in [-0.2, -0.15) is 0 Å². The normalized spacial score (nSPS) is 18.0. The van der Waals surface area contributed by atoms with Crippen LogP contribution in [0.4, 0.5) is 4.39 Å². The van der Waals surface area contributed by atoms with Crippen LogP contribution in [0.1, 0.15) is 19.8 Å². The lowest BCUT2D eigenvalue weighted by molar-refractivity contribution is -0.135. The Kier molecular flexibility index (Phi) is 5.75. The number of nitrogens with two attached hydrogens (primary N) is 1. The van der Waals surface area contributed by atoms with E-state index in [1.54, 1.807) is 11.8 Å². The lowest BCUT2D eigenvalue weighted by atomic mass is 9.96. The second-order valence-electron chi connectivity index (χ2n) is 6.14. The Balaban J connectivity index is 1.99. The van der Waals surface area contributed by atoms with Crippen LogP contribution < -0.4 is 5.73 Å². The average Bonchev–Trinajstić information content (AvgIpc) is 2.54. The number of likely N-dealkylation sites (tertiary alicyclic amines) is 1. The highest BCUT2D eigenvalue weighted by Gasteiger charge is 2.29. The van der Waals surface area contributed by atoms with Crippen LogP contribution in [0, 0.1) is 17.7 Å². The third-order valence-electron chi connectivity index (χ3n) is 4.32. The zero-order valence-electron chi connectivity index (χ0n) is 13.2. The Labute approximate surface area is 136 Å². The maximum Gasteiger partial charge on any atom is 0.226 e. The third kappa shape index (κ3) is 4.51. The number of sulfone groups is 1. The fraction of sp³-hybridized carbons (Fsp3) is 0.562. The van der Waals surface area contributed by atoms with Crippen LogP contribution in [0.25, 0.3) is 0 Å². The van der Waals surface area contributed by atoms with Gasteiger partial charge in [-0.3, -0.25) is 4.79 Å². The lowest BCUT2D eigenvalue weighted by Gasteiger charge is -2.33. The minimum atomic E-state index is -3.61. The van der Waals surface area contributed by atoms with Crippen molar-refractivity contribution in [1.29, 1.82) is 0 Å². The maximum absolute atomic E-state index is 12.9. The highest BCUT2D eigenvalue weighted by molar-refractivity contribution is 7.91. The molecule has 0 aliphatic carbocycles. The van der Waals surface area contributed by atoms with Crippen molar-refractivity contribution >= 4 is 15.7 Å². The molecule has 1 heterocycles. The summed E-state index contributed by atoms with van der Waals surface area (Å²) in [6, 6.07) is 4.68. The molecule has 1 amide bonds. The van der Waals surface area contributed by atoms with Gasteiger partial charge in [0.05, 0.1) is 10.6 Å². The molecule has 128 valence electrons. The molecule has 2 N–H and O–H groups in total. The van der Waals surface area contributed by atoms with Gasteiger partial charge in [-0.05, 0) is 49.6 Å². The van der Waals surface area contributed by atoms with Gasteiger partial charge in [0.15, 0.2) is 9.84 Å². The van der Waals surface area contributed by atoms with Gasteiger partial charge in [-0.15, -0.1) is 0 Å². The topological polar surface area (TPSA) is 80.5 Å². The van der Waals surface area contributed by atoms with Crippen molar-refractivity contribution in [2.75, 3.05) is 25.4 Å². The number of carbonyl (C=O) groups excluding carboxylic acids is 1. The second-order valence-corrected chi connectivity index (χ2v) is 8.17. The summed E-state index contributed by atoms with van der Waals surface area (Å²) in [6.07, 6.45) is 1.72. The van der Waals surface area contributed by atoms with Gasteiger partial charge in [-0.25, -0.2) is 12.8 Å². The van der Waals surface area contributed by atoms with Crippen molar-refractivity contribution in [3.05, 3.63) is 30.1 Å². The third-order valence-corrected chi connectivity index (χ3v) is 6.25. The molecule has 23 heavy (non-hydrogen) atoms. The Morgan fingerprint density at radius 2 is 1.87 bits per heavy atom. The molecule has 7 heteroatoms. The molecular weight excluding hydrogens is 319 g/mol. The van der Waals surface area contributed by atoms with Gasteiger partial charge in [-0.1, -0.05) is 6.92 Å². The van der Waals surface area contributed by atoms with Crippen LogP contribution in [0.2, 0.25) is 0 Å². The van der Waals surface area contributed by atoms with Crippen LogP contribution >= 0.6 is 0 Å². The van der Waals surface area contributed by atoms with E-state index >= 15 is 0 Å². The minimum Gasteiger partial charge on any atom is -0.342 e. The molecule has 2 rings (SSSR count). The second kappa shape index (κ2) is 7.40. The van der Waals surface area contributed by atoms with Crippen LogP contribution in [0.3, 0.4) is 0 Å². The maximum atomic E-state index is 12.9. The zero-order valence-corrected chi connectivity index (χ0v) is 14.1. The molecule has 1 atom stereocenters. The Hall–Kier alpha value is -1.47. The molecule has 0 radical (unpaired) electrons. The fourth-order valence-electron chi connectivity index (χ4n) is 2.84. The fourth-order valence-corrected chi connectivity index (χ4v) is 4.38. The standard InChI is InChI=1S/C16H23FN2O3S/c1-12(16(20)19-8-6-13(10-18)7-9-19)11-23(21,22)15-4-2-14(17)3-5-15/h2-5,12-13H,6-11,18H2,1H3. The summed E-state index contributed by atoms with van der Waals surface area (Å²) in [6.45, 7) is 3.50. The van der Waals surface area contributed by atoms with Gasteiger partial charge in [0.1, 0.15) is 5.82 Å². The summed E-state index contributed by atoms with van der Waals surface area (Å²) < 4.78 is 37.6. The highest BCUT2D eigenvalue weighted by atomic mass is 32.2. The molecule has 1 unspecified atom stereocenters. The number of nitrogens with zero attached hydrogens (tertiary/aromatic N) is 1. The van der Waals surface area contributed by atoms with E-state index in [-0.39, 0.29) is 16.6 Å². The monoisotopic (exact) mass is 342 g/mol. The minimum absolute atomic E-state index is 0.0420. The number of carbonyl (C=O) groups is 1. The highest BCUT2D eigenvalue weighted by Crippen LogP contribution is 2.20. The van der Waals surface area contributed by atoms with Gasteiger partial charge < -0.3 is 10.6 Å². The number of amides is 1. The van der Waals surface area contributed by atoms with Crippen LogP contribution in [0.15, 0.2) is 29.2 Å². The summed E-state index contributed by atoms with van der Waals surface area (Å²) in [4.78, 5) is 14.2. The first-order chi connectivity index (χ1) is 10.8.